The van der Waals surface area contributed by atoms with E-state index in [0.29, 0.717) is 29.5 Å². The molecule has 3 N–H and O–H groups in total. The average molecular weight is 821 g/mol. The van der Waals surface area contributed by atoms with Crippen LogP contribution < -0.4 is 30.3 Å². The number of piperidine rings is 1. The van der Waals surface area contributed by atoms with E-state index in [4.69, 9.17) is 14.2 Å². The van der Waals surface area contributed by atoms with Crippen molar-refractivity contribution in [3.05, 3.63) is 88.2 Å². The van der Waals surface area contributed by atoms with Crippen molar-refractivity contribution in [2.45, 2.75) is 103 Å². The van der Waals surface area contributed by atoms with Gasteiger partial charge in [0.1, 0.15) is 41.2 Å². The normalized spacial score (nSPS) is 26.4. The Balaban J connectivity index is 0.791. The van der Waals surface area contributed by atoms with E-state index in [1.165, 1.54) is 12.1 Å². The van der Waals surface area contributed by atoms with Gasteiger partial charge in [0.05, 0.1) is 36.9 Å². The predicted molar refractivity (Wildman–Crippen MR) is 220 cm³/mol. The van der Waals surface area contributed by atoms with Crippen LogP contribution in [0, 0.1) is 41.8 Å². The summed E-state index contributed by atoms with van der Waals surface area (Å²) >= 11 is 0. The lowest BCUT2D eigenvalue weighted by Gasteiger charge is -2.63. The van der Waals surface area contributed by atoms with Gasteiger partial charge in [-0.15, -0.1) is 0 Å². The summed E-state index contributed by atoms with van der Waals surface area (Å²) in [6.45, 7) is 16.1. The molecule has 3 aromatic rings. The molecule has 8 rings (SSSR count). The van der Waals surface area contributed by atoms with E-state index in [2.05, 4.69) is 59.5 Å². The first kappa shape index (κ1) is 41.2. The molecular formula is C46H53FN6O7. The maximum Gasteiger partial charge on any atom is 0.254 e. The van der Waals surface area contributed by atoms with Gasteiger partial charge in [0.25, 0.3) is 11.8 Å². The number of hydrogen-bond donors (Lipinski definition) is 3. The van der Waals surface area contributed by atoms with E-state index in [-0.39, 0.29) is 59.0 Å². The van der Waals surface area contributed by atoms with E-state index in [1.54, 1.807) is 6.07 Å². The van der Waals surface area contributed by atoms with Gasteiger partial charge in [-0.2, -0.15) is 5.26 Å². The molecular weight excluding hydrogens is 768 g/mol. The third-order valence-electron chi connectivity index (χ3n) is 13.3. The Labute approximate surface area is 349 Å². The Morgan fingerprint density at radius 1 is 0.900 bits per heavy atom. The molecule has 2 saturated carbocycles. The number of amides is 4. The first-order valence-corrected chi connectivity index (χ1v) is 20.8. The van der Waals surface area contributed by atoms with Crippen molar-refractivity contribution in [1.82, 2.24) is 20.9 Å². The number of ether oxygens (including phenoxy) is 3. The van der Waals surface area contributed by atoms with Gasteiger partial charge in [-0.05, 0) is 79.9 Å². The third kappa shape index (κ3) is 7.69. The van der Waals surface area contributed by atoms with Crippen molar-refractivity contribution in [3.63, 3.8) is 0 Å². The number of nitriles is 1. The van der Waals surface area contributed by atoms with Gasteiger partial charge < -0.3 is 29.7 Å². The van der Waals surface area contributed by atoms with Crippen LogP contribution in [0.3, 0.4) is 0 Å². The second-order valence-electron chi connectivity index (χ2n) is 18.5. The zero-order valence-corrected chi connectivity index (χ0v) is 35.0. The smallest absolute Gasteiger partial charge is 0.254 e. The van der Waals surface area contributed by atoms with Gasteiger partial charge in [0.15, 0.2) is 0 Å². The van der Waals surface area contributed by atoms with Crippen molar-refractivity contribution in [1.29, 1.82) is 5.26 Å². The van der Waals surface area contributed by atoms with Crippen LogP contribution in [0.2, 0.25) is 0 Å². The highest BCUT2D eigenvalue weighted by atomic mass is 19.1. The summed E-state index contributed by atoms with van der Waals surface area (Å²) in [4.78, 5) is 54.3. The van der Waals surface area contributed by atoms with Gasteiger partial charge in [-0.1, -0.05) is 27.7 Å². The number of aryl methyl sites for hydroxylation is 2. The lowest BCUT2D eigenvalue weighted by molar-refractivity contribution is -0.164. The minimum atomic E-state index is -0.890. The quantitative estimate of drug-likeness (QED) is 0.239. The summed E-state index contributed by atoms with van der Waals surface area (Å²) in [6, 6.07) is 17.3. The number of halogens is 1. The summed E-state index contributed by atoms with van der Waals surface area (Å²) in [5, 5.41) is 17.5. The molecule has 0 aromatic heterocycles. The summed E-state index contributed by atoms with van der Waals surface area (Å²) < 4.78 is 33.9. The fourth-order valence-electron chi connectivity index (χ4n) is 10.3. The lowest BCUT2D eigenvalue weighted by atomic mass is 9.49. The summed E-state index contributed by atoms with van der Waals surface area (Å²) in [7, 11) is 0. The summed E-state index contributed by atoms with van der Waals surface area (Å²) in [5.74, 6) is -1.51. The molecule has 1 atom stereocenters. The molecule has 1 spiro atoms. The molecule has 3 aromatic carbocycles. The molecule has 4 amide bonds. The van der Waals surface area contributed by atoms with E-state index < -0.39 is 29.6 Å². The maximum absolute atomic E-state index is 15.0. The van der Waals surface area contributed by atoms with Gasteiger partial charge in [0, 0.05) is 72.6 Å². The fourth-order valence-corrected chi connectivity index (χ4v) is 10.3. The lowest BCUT2D eigenvalue weighted by Crippen LogP contribution is -2.74. The Morgan fingerprint density at radius 2 is 1.58 bits per heavy atom. The zero-order valence-electron chi connectivity index (χ0n) is 35.0. The number of carbonyl (C=O) groups is 4. The summed E-state index contributed by atoms with van der Waals surface area (Å²) in [6.07, 6.45) is 1.64. The molecule has 3 aliphatic heterocycles. The maximum atomic E-state index is 15.0. The molecule has 60 heavy (non-hydrogen) atoms. The Morgan fingerprint density at radius 3 is 2.22 bits per heavy atom. The second-order valence-corrected chi connectivity index (χ2v) is 18.5. The molecule has 2 aliphatic carbocycles. The summed E-state index contributed by atoms with van der Waals surface area (Å²) in [5.41, 5.74) is 2.93. The Kier molecular flexibility index (Phi) is 10.6. The van der Waals surface area contributed by atoms with Crippen molar-refractivity contribution in [2.75, 3.05) is 37.7 Å². The molecule has 3 saturated heterocycles. The van der Waals surface area contributed by atoms with E-state index in [0.717, 1.165) is 61.6 Å². The standard InChI is InChI=1S/C46H53FN6O7/c1-26-17-32(18-27(2)35(26)22-48)60-43-44(3,4)42(45(43,5)6)51-39(55)28-7-9-29(10-8-28)53-24-46(25-53)23-52(15-16-58-46)30-19-33(20-30)59-31-11-12-34(36(47)21-31)40(56)49-37-13-14-38(54)50-41(37)57/h7-12,17-18,21,30,33,37,42-43H,13-16,19-20,23-25H2,1-6H3,(H,49,56)(H,51,55)(H,50,54,57)/t30-,33-,37-,42-,43-/m0/s1. The van der Waals surface area contributed by atoms with Crippen LogP contribution in [0.1, 0.15) is 90.8 Å². The van der Waals surface area contributed by atoms with Crippen molar-refractivity contribution < 1.29 is 37.8 Å². The van der Waals surface area contributed by atoms with Gasteiger partial charge in [-0.25, -0.2) is 4.39 Å². The Bertz CT molecular complexity index is 2220. The first-order valence-electron chi connectivity index (χ1n) is 20.8. The number of benzene rings is 3. The molecule has 14 heteroatoms. The molecule has 3 heterocycles. The molecule has 0 unspecified atom stereocenters. The number of hydrogen-bond acceptors (Lipinski definition) is 10. The van der Waals surface area contributed by atoms with Gasteiger partial charge in [-0.3, -0.25) is 29.4 Å². The highest BCUT2D eigenvalue weighted by Crippen LogP contribution is 2.55. The average Bonchev–Trinajstić information content (AvgIpc) is 3.17. The van der Waals surface area contributed by atoms with Crippen molar-refractivity contribution in [3.8, 4) is 17.6 Å². The molecule has 0 radical (unpaired) electrons. The van der Waals surface area contributed by atoms with Gasteiger partial charge >= 0.3 is 0 Å². The molecule has 316 valence electrons. The first-order chi connectivity index (χ1) is 28.5. The molecule has 0 bridgehead atoms. The highest BCUT2D eigenvalue weighted by molar-refractivity contribution is 6.04. The largest absolute Gasteiger partial charge is 0.490 e. The Hall–Kier alpha value is -5.52. The van der Waals surface area contributed by atoms with E-state index in [1.807, 2.05) is 50.2 Å². The number of carbonyl (C=O) groups excluding carboxylic acids is 4. The van der Waals surface area contributed by atoms with Crippen LogP contribution in [0.15, 0.2) is 54.6 Å². The van der Waals surface area contributed by atoms with Crippen molar-refractivity contribution >= 4 is 29.3 Å². The third-order valence-corrected chi connectivity index (χ3v) is 13.3. The fraction of sp³-hybridized carbons (Fsp3) is 0.500. The van der Waals surface area contributed by atoms with E-state index in [9.17, 15) is 28.8 Å². The number of imide groups is 1. The topological polar surface area (TPSA) is 162 Å². The van der Waals surface area contributed by atoms with E-state index >= 15 is 0 Å². The number of morpholine rings is 1. The van der Waals surface area contributed by atoms with Crippen LogP contribution in [0.25, 0.3) is 0 Å². The van der Waals surface area contributed by atoms with Crippen LogP contribution in [-0.2, 0) is 14.3 Å². The minimum absolute atomic E-state index is 0.0799. The molecule has 5 fully saturated rings. The van der Waals surface area contributed by atoms with Crippen LogP contribution in [-0.4, -0.2) is 97.2 Å². The SMILES string of the molecule is Cc1cc(O[C@H]2C(C)(C)[C@H](NC(=O)c3ccc(N4CC5(C4)CN([C@H]4C[C@H](Oc6ccc(C(=O)N[C@H]7CCC(=O)NC7=O)c(F)c6)C4)CCO5)cc3)C2(C)C)cc(C)c1C#N. The molecule has 5 aliphatic rings. The van der Waals surface area contributed by atoms with Crippen LogP contribution in [0.4, 0.5) is 10.1 Å². The number of rotatable bonds is 10. The van der Waals surface area contributed by atoms with Crippen LogP contribution in [0.5, 0.6) is 11.5 Å². The van der Waals surface area contributed by atoms with Crippen molar-refractivity contribution in [2.24, 2.45) is 10.8 Å². The highest BCUT2D eigenvalue weighted by Gasteiger charge is 2.64. The monoisotopic (exact) mass is 820 g/mol. The number of nitrogens with one attached hydrogen (secondary N) is 3. The van der Waals surface area contributed by atoms with Crippen LogP contribution >= 0.6 is 0 Å². The minimum Gasteiger partial charge on any atom is -0.490 e. The molecule has 13 nitrogen and oxygen atoms in total. The number of nitrogens with zero attached hydrogens (tertiary/aromatic N) is 3. The second kappa shape index (κ2) is 15.5. The zero-order chi connectivity index (χ0) is 42.7. The van der Waals surface area contributed by atoms with Gasteiger partial charge in [0.2, 0.25) is 11.8 Å². The number of anilines is 1. The predicted octanol–water partition coefficient (Wildman–Crippen LogP) is 4.96.